The molecule has 0 aromatic heterocycles. The SMILES string of the molecule is CCCCN1CN(C)CN1. The van der Waals surface area contributed by atoms with Crippen molar-refractivity contribution in [1.82, 2.24) is 15.3 Å². The highest BCUT2D eigenvalue weighted by Crippen LogP contribution is 1.97. The van der Waals surface area contributed by atoms with Crippen molar-refractivity contribution in [3.05, 3.63) is 0 Å². The van der Waals surface area contributed by atoms with Crippen LogP contribution < -0.4 is 5.43 Å². The normalized spacial score (nSPS) is 22.2. The van der Waals surface area contributed by atoms with Crippen molar-refractivity contribution in [2.45, 2.75) is 19.8 Å². The van der Waals surface area contributed by atoms with Crippen LogP contribution in [0.25, 0.3) is 0 Å². The predicted octanol–water partition coefficient (Wildman–Crippen LogP) is 0.454. The summed E-state index contributed by atoms with van der Waals surface area (Å²) in [7, 11) is 2.12. The van der Waals surface area contributed by atoms with Gasteiger partial charge in [-0.2, -0.15) is 0 Å². The average Bonchev–Trinajstić information content (AvgIpc) is 2.31. The van der Waals surface area contributed by atoms with Crippen molar-refractivity contribution in [2.24, 2.45) is 0 Å². The maximum absolute atomic E-state index is 3.30. The molecule has 1 rings (SSSR count). The fourth-order valence-electron chi connectivity index (χ4n) is 1.11. The molecule has 1 heterocycles. The van der Waals surface area contributed by atoms with Crippen LogP contribution in [0, 0.1) is 0 Å². The Morgan fingerprint density at radius 2 is 2.30 bits per heavy atom. The van der Waals surface area contributed by atoms with Crippen LogP contribution in [-0.2, 0) is 0 Å². The van der Waals surface area contributed by atoms with E-state index in [1.807, 2.05) is 0 Å². The standard InChI is InChI=1S/C7H17N3/c1-3-4-5-10-7-9(2)6-8-10/h8H,3-7H2,1-2H3. The number of rotatable bonds is 3. The lowest BCUT2D eigenvalue weighted by Gasteiger charge is -2.13. The Morgan fingerprint density at radius 3 is 2.80 bits per heavy atom. The second-order valence-corrected chi connectivity index (χ2v) is 2.93. The third-order valence-corrected chi connectivity index (χ3v) is 1.76. The largest absolute Gasteiger partial charge is 0.278 e. The molecule has 10 heavy (non-hydrogen) atoms. The molecule has 60 valence electrons. The molecule has 0 radical (unpaired) electrons. The number of nitrogens with zero attached hydrogens (tertiary/aromatic N) is 2. The van der Waals surface area contributed by atoms with Gasteiger partial charge in [-0.3, -0.25) is 4.90 Å². The molecule has 0 bridgehead atoms. The van der Waals surface area contributed by atoms with E-state index in [1.165, 1.54) is 19.4 Å². The average molecular weight is 143 g/mol. The van der Waals surface area contributed by atoms with E-state index >= 15 is 0 Å². The minimum atomic E-state index is 1.00. The first-order chi connectivity index (χ1) is 4.83. The van der Waals surface area contributed by atoms with E-state index in [2.05, 4.69) is 29.3 Å². The molecule has 0 aliphatic carbocycles. The van der Waals surface area contributed by atoms with Crippen LogP contribution in [0.5, 0.6) is 0 Å². The molecule has 1 N–H and O–H groups in total. The molecule has 1 saturated heterocycles. The van der Waals surface area contributed by atoms with Crippen LogP contribution >= 0.6 is 0 Å². The quantitative estimate of drug-likeness (QED) is 0.619. The third kappa shape index (κ3) is 2.25. The summed E-state index contributed by atoms with van der Waals surface area (Å²) in [5.41, 5.74) is 3.30. The Hall–Kier alpha value is -0.120. The van der Waals surface area contributed by atoms with Crippen molar-refractivity contribution >= 4 is 0 Å². The smallest absolute Gasteiger partial charge is 0.0654 e. The zero-order valence-electron chi connectivity index (χ0n) is 6.93. The van der Waals surface area contributed by atoms with E-state index in [1.54, 1.807) is 0 Å². The van der Waals surface area contributed by atoms with Crippen molar-refractivity contribution in [3.8, 4) is 0 Å². The summed E-state index contributed by atoms with van der Waals surface area (Å²) in [6.45, 7) is 5.48. The molecule has 0 unspecified atom stereocenters. The molecule has 0 aromatic carbocycles. The van der Waals surface area contributed by atoms with Crippen LogP contribution in [-0.4, -0.2) is 36.8 Å². The van der Waals surface area contributed by atoms with Crippen LogP contribution in [0.3, 0.4) is 0 Å². The van der Waals surface area contributed by atoms with Crippen LogP contribution in [0.1, 0.15) is 19.8 Å². The van der Waals surface area contributed by atoms with Crippen molar-refractivity contribution in [3.63, 3.8) is 0 Å². The highest BCUT2D eigenvalue weighted by molar-refractivity contribution is 4.58. The maximum Gasteiger partial charge on any atom is 0.0654 e. The summed E-state index contributed by atoms with van der Waals surface area (Å²) < 4.78 is 0. The molecule has 1 aliphatic rings. The predicted molar refractivity (Wildman–Crippen MR) is 42.2 cm³/mol. The van der Waals surface area contributed by atoms with Gasteiger partial charge in [0.05, 0.1) is 13.3 Å². The van der Waals surface area contributed by atoms with E-state index in [9.17, 15) is 0 Å². The summed E-state index contributed by atoms with van der Waals surface area (Å²) in [4.78, 5) is 2.26. The summed E-state index contributed by atoms with van der Waals surface area (Å²) in [6.07, 6.45) is 2.57. The van der Waals surface area contributed by atoms with Gasteiger partial charge in [0.2, 0.25) is 0 Å². The molecule has 1 aliphatic heterocycles. The lowest BCUT2D eigenvalue weighted by atomic mass is 10.3. The second-order valence-electron chi connectivity index (χ2n) is 2.93. The molecular weight excluding hydrogens is 126 g/mol. The van der Waals surface area contributed by atoms with E-state index < -0.39 is 0 Å². The van der Waals surface area contributed by atoms with E-state index in [0.717, 1.165) is 13.3 Å². The van der Waals surface area contributed by atoms with E-state index in [4.69, 9.17) is 0 Å². The minimum absolute atomic E-state index is 1.00. The van der Waals surface area contributed by atoms with Crippen molar-refractivity contribution < 1.29 is 0 Å². The van der Waals surface area contributed by atoms with Gasteiger partial charge in [0.15, 0.2) is 0 Å². The monoisotopic (exact) mass is 143 g/mol. The number of hydrogen-bond donors (Lipinski definition) is 1. The Kier molecular flexibility index (Phi) is 3.12. The Morgan fingerprint density at radius 1 is 1.50 bits per heavy atom. The first-order valence-electron chi connectivity index (χ1n) is 4.00. The van der Waals surface area contributed by atoms with Crippen molar-refractivity contribution in [1.29, 1.82) is 0 Å². The summed E-state index contributed by atoms with van der Waals surface area (Å²) in [6, 6.07) is 0. The first-order valence-corrected chi connectivity index (χ1v) is 4.00. The molecule has 0 aromatic rings. The number of hydrazine groups is 1. The van der Waals surface area contributed by atoms with E-state index in [-0.39, 0.29) is 0 Å². The van der Waals surface area contributed by atoms with Gasteiger partial charge in [-0.1, -0.05) is 13.3 Å². The van der Waals surface area contributed by atoms with Gasteiger partial charge >= 0.3 is 0 Å². The van der Waals surface area contributed by atoms with Gasteiger partial charge in [-0.15, -0.1) is 0 Å². The Balaban J connectivity index is 2.06. The van der Waals surface area contributed by atoms with Gasteiger partial charge in [0, 0.05) is 6.54 Å². The molecule has 0 amide bonds. The summed E-state index contributed by atoms with van der Waals surface area (Å²) in [5, 5.41) is 2.27. The van der Waals surface area contributed by atoms with E-state index in [0.29, 0.717) is 0 Å². The molecule has 1 fully saturated rings. The highest BCUT2D eigenvalue weighted by atomic mass is 15.6. The lowest BCUT2D eigenvalue weighted by Crippen LogP contribution is -2.31. The molecular formula is C7H17N3. The topological polar surface area (TPSA) is 18.5 Å². The molecule has 0 saturated carbocycles. The fraction of sp³-hybridized carbons (Fsp3) is 1.00. The van der Waals surface area contributed by atoms with Gasteiger partial charge in [-0.05, 0) is 13.5 Å². The van der Waals surface area contributed by atoms with Gasteiger partial charge in [0.1, 0.15) is 0 Å². The molecule has 0 spiro atoms. The van der Waals surface area contributed by atoms with Crippen LogP contribution in [0.15, 0.2) is 0 Å². The highest BCUT2D eigenvalue weighted by Gasteiger charge is 2.13. The number of unbranched alkanes of at least 4 members (excludes halogenated alkanes) is 1. The molecule has 3 heteroatoms. The van der Waals surface area contributed by atoms with Crippen LogP contribution in [0.4, 0.5) is 0 Å². The Labute approximate surface area is 63.0 Å². The zero-order valence-corrected chi connectivity index (χ0v) is 6.93. The maximum atomic E-state index is 3.30. The molecule has 3 nitrogen and oxygen atoms in total. The van der Waals surface area contributed by atoms with Gasteiger partial charge in [-0.25, -0.2) is 10.4 Å². The Bertz CT molecular complexity index is 94.9. The lowest BCUT2D eigenvalue weighted by molar-refractivity contribution is 0.226. The van der Waals surface area contributed by atoms with Crippen LogP contribution in [0.2, 0.25) is 0 Å². The fourth-order valence-corrected chi connectivity index (χ4v) is 1.11. The van der Waals surface area contributed by atoms with Gasteiger partial charge < -0.3 is 0 Å². The van der Waals surface area contributed by atoms with Crippen molar-refractivity contribution in [2.75, 3.05) is 26.9 Å². The molecule has 0 atom stereocenters. The van der Waals surface area contributed by atoms with Gasteiger partial charge in [0.25, 0.3) is 0 Å². The number of nitrogens with one attached hydrogen (secondary N) is 1. The number of hydrogen-bond acceptors (Lipinski definition) is 3. The summed E-state index contributed by atoms with van der Waals surface area (Å²) in [5.74, 6) is 0. The minimum Gasteiger partial charge on any atom is -0.278 e. The summed E-state index contributed by atoms with van der Waals surface area (Å²) >= 11 is 0. The third-order valence-electron chi connectivity index (χ3n) is 1.76. The zero-order chi connectivity index (χ0) is 7.40. The second kappa shape index (κ2) is 3.91. The first kappa shape index (κ1) is 7.98.